The molecule has 3 aromatic rings. The van der Waals surface area contributed by atoms with Crippen LogP contribution in [-0.4, -0.2) is 23.2 Å². The molecule has 1 fully saturated rings. The van der Waals surface area contributed by atoms with Gasteiger partial charge in [-0.1, -0.05) is 36.4 Å². The third kappa shape index (κ3) is 2.68. The Bertz CT molecular complexity index is 808. The summed E-state index contributed by atoms with van der Waals surface area (Å²) < 4.78 is 0. The van der Waals surface area contributed by atoms with Crippen LogP contribution in [0, 0.1) is 0 Å². The van der Waals surface area contributed by atoms with E-state index < -0.39 is 5.60 Å². The minimum atomic E-state index is -0.748. The highest BCUT2D eigenvalue weighted by molar-refractivity contribution is 5.85. The monoisotopic (exact) mass is 304 g/mol. The number of anilines is 1. The number of benzene rings is 2. The van der Waals surface area contributed by atoms with E-state index in [-0.39, 0.29) is 0 Å². The largest absolute Gasteiger partial charge is 0.385 e. The third-order valence-corrected chi connectivity index (χ3v) is 4.89. The van der Waals surface area contributed by atoms with Crippen molar-refractivity contribution in [3.05, 3.63) is 72.6 Å². The lowest BCUT2D eigenvalue weighted by Crippen LogP contribution is -2.42. The maximum absolute atomic E-state index is 10.9. The Morgan fingerprint density at radius 3 is 2.43 bits per heavy atom. The zero-order valence-electron chi connectivity index (χ0n) is 13.0. The van der Waals surface area contributed by atoms with E-state index in [9.17, 15) is 5.11 Å². The lowest BCUT2D eigenvalue weighted by molar-refractivity contribution is 0.0115. The molecule has 1 aromatic heterocycles. The fourth-order valence-electron chi connectivity index (χ4n) is 3.43. The molecule has 1 aliphatic heterocycles. The van der Waals surface area contributed by atoms with Crippen LogP contribution in [0.5, 0.6) is 0 Å². The Kier molecular flexibility index (Phi) is 3.50. The summed E-state index contributed by atoms with van der Waals surface area (Å²) in [5.41, 5.74) is 1.41. The van der Waals surface area contributed by atoms with Crippen molar-refractivity contribution in [2.45, 2.75) is 18.4 Å². The van der Waals surface area contributed by atoms with Gasteiger partial charge in [0.15, 0.2) is 0 Å². The number of nitrogens with zero attached hydrogens (tertiary/aromatic N) is 2. The van der Waals surface area contributed by atoms with Crippen LogP contribution in [0.3, 0.4) is 0 Å². The highest BCUT2D eigenvalue weighted by atomic mass is 16.3. The topological polar surface area (TPSA) is 36.4 Å². The highest BCUT2D eigenvalue weighted by Gasteiger charge is 2.34. The molecule has 23 heavy (non-hydrogen) atoms. The lowest BCUT2D eigenvalue weighted by Gasteiger charge is -2.39. The van der Waals surface area contributed by atoms with Crippen LogP contribution in [-0.2, 0) is 5.60 Å². The molecule has 0 amide bonds. The van der Waals surface area contributed by atoms with E-state index in [1.54, 1.807) is 12.4 Å². The molecule has 3 nitrogen and oxygen atoms in total. The standard InChI is InChI=1S/C20H20N2O/c23-20(18-6-3-11-21-15-18)9-12-22(13-10-20)19-8-7-16-4-1-2-5-17(16)14-19/h1-8,11,14-15,23H,9-10,12-13H2. The van der Waals surface area contributed by atoms with Crippen LogP contribution >= 0.6 is 0 Å². The fraction of sp³-hybridized carbons (Fsp3) is 0.250. The van der Waals surface area contributed by atoms with Gasteiger partial charge < -0.3 is 10.0 Å². The van der Waals surface area contributed by atoms with Gasteiger partial charge >= 0.3 is 0 Å². The van der Waals surface area contributed by atoms with Crippen LogP contribution in [0.25, 0.3) is 10.8 Å². The Labute approximate surface area is 136 Å². The molecule has 0 saturated carbocycles. The van der Waals surface area contributed by atoms with Crippen LogP contribution in [0.15, 0.2) is 67.0 Å². The molecule has 1 N–H and O–H groups in total. The second-order valence-electron chi connectivity index (χ2n) is 6.29. The summed E-state index contributed by atoms with van der Waals surface area (Å²) >= 11 is 0. The van der Waals surface area contributed by atoms with Gasteiger partial charge in [-0.05, 0) is 41.8 Å². The zero-order chi connectivity index (χ0) is 15.7. The number of fused-ring (bicyclic) bond motifs is 1. The normalized spacial score (nSPS) is 17.3. The van der Waals surface area contributed by atoms with Crippen LogP contribution in [0.2, 0.25) is 0 Å². The molecule has 1 saturated heterocycles. The maximum Gasteiger partial charge on any atom is 0.0945 e. The van der Waals surface area contributed by atoms with Crippen molar-refractivity contribution < 1.29 is 5.11 Å². The Balaban J connectivity index is 1.54. The number of hydrogen-bond donors (Lipinski definition) is 1. The van der Waals surface area contributed by atoms with Gasteiger partial charge in [-0.2, -0.15) is 0 Å². The second-order valence-corrected chi connectivity index (χ2v) is 6.29. The Morgan fingerprint density at radius 2 is 1.70 bits per heavy atom. The van der Waals surface area contributed by atoms with Crippen LogP contribution in [0.4, 0.5) is 5.69 Å². The van der Waals surface area contributed by atoms with Gasteiger partial charge in [0, 0.05) is 36.7 Å². The quantitative estimate of drug-likeness (QED) is 0.784. The van der Waals surface area contributed by atoms with Crippen molar-refractivity contribution in [3.63, 3.8) is 0 Å². The van der Waals surface area contributed by atoms with Gasteiger partial charge in [0.05, 0.1) is 5.60 Å². The second kappa shape index (κ2) is 5.67. The first-order valence-corrected chi connectivity index (χ1v) is 8.11. The Morgan fingerprint density at radius 1 is 0.913 bits per heavy atom. The van der Waals surface area contributed by atoms with Crippen LogP contribution < -0.4 is 4.90 Å². The van der Waals surface area contributed by atoms with E-state index in [1.165, 1.54) is 16.5 Å². The maximum atomic E-state index is 10.9. The summed E-state index contributed by atoms with van der Waals surface area (Å²) in [6, 6.07) is 18.9. The molecular weight excluding hydrogens is 284 g/mol. The van der Waals surface area contributed by atoms with E-state index in [1.807, 2.05) is 12.1 Å². The van der Waals surface area contributed by atoms with Crippen molar-refractivity contribution in [2.24, 2.45) is 0 Å². The van der Waals surface area contributed by atoms with Gasteiger partial charge in [0.1, 0.15) is 0 Å². The van der Waals surface area contributed by atoms with Crippen molar-refractivity contribution in [1.82, 2.24) is 4.98 Å². The first-order chi connectivity index (χ1) is 11.2. The molecule has 2 heterocycles. The summed E-state index contributed by atoms with van der Waals surface area (Å²) in [5.74, 6) is 0. The van der Waals surface area contributed by atoms with E-state index in [0.29, 0.717) is 0 Å². The number of pyridine rings is 1. The number of piperidine rings is 1. The molecule has 116 valence electrons. The van der Waals surface area contributed by atoms with E-state index in [0.717, 1.165) is 31.5 Å². The molecule has 2 aromatic carbocycles. The van der Waals surface area contributed by atoms with Crippen molar-refractivity contribution in [3.8, 4) is 0 Å². The third-order valence-electron chi connectivity index (χ3n) is 4.89. The molecule has 0 atom stereocenters. The molecule has 0 radical (unpaired) electrons. The summed E-state index contributed by atoms with van der Waals surface area (Å²) in [6.45, 7) is 1.70. The Hall–Kier alpha value is -2.39. The average molecular weight is 304 g/mol. The number of aromatic nitrogens is 1. The minimum Gasteiger partial charge on any atom is -0.385 e. The number of rotatable bonds is 2. The van der Waals surface area contributed by atoms with Crippen molar-refractivity contribution in [2.75, 3.05) is 18.0 Å². The SMILES string of the molecule is OC1(c2cccnc2)CCN(c2ccc3ccccc3c2)CC1. The van der Waals surface area contributed by atoms with Gasteiger partial charge in [-0.15, -0.1) is 0 Å². The van der Waals surface area contributed by atoms with Gasteiger partial charge in [-0.25, -0.2) is 0 Å². The zero-order valence-corrected chi connectivity index (χ0v) is 13.0. The van der Waals surface area contributed by atoms with Crippen LogP contribution in [0.1, 0.15) is 18.4 Å². The number of hydrogen-bond acceptors (Lipinski definition) is 3. The summed E-state index contributed by atoms with van der Waals surface area (Å²) in [4.78, 5) is 6.50. The molecule has 3 heteroatoms. The smallest absolute Gasteiger partial charge is 0.0945 e. The molecule has 0 bridgehead atoms. The molecule has 4 rings (SSSR count). The average Bonchev–Trinajstić information content (AvgIpc) is 2.63. The fourth-order valence-corrected chi connectivity index (χ4v) is 3.43. The molecule has 0 unspecified atom stereocenters. The van der Waals surface area contributed by atoms with Gasteiger partial charge in [-0.3, -0.25) is 4.98 Å². The van der Waals surface area contributed by atoms with E-state index in [2.05, 4.69) is 52.3 Å². The molecule has 0 aliphatic carbocycles. The van der Waals surface area contributed by atoms with E-state index in [4.69, 9.17) is 0 Å². The number of aliphatic hydroxyl groups is 1. The van der Waals surface area contributed by atoms with Gasteiger partial charge in [0.2, 0.25) is 0 Å². The predicted molar refractivity (Wildman–Crippen MR) is 93.5 cm³/mol. The summed E-state index contributed by atoms with van der Waals surface area (Å²) in [5, 5.41) is 13.4. The first kappa shape index (κ1) is 14.2. The highest BCUT2D eigenvalue weighted by Crippen LogP contribution is 2.34. The molecule has 1 aliphatic rings. The molecular formula is C20H20N2O. The minimum absolute atomic E-state index is 0.728. The molecule has 0 spiro atoms. The predicted octanol–water partition coefficient (Wildman–Crippen LogP) is 3.72. The van der Waals surface area contributed by atoms with E-state index >= 15 is 0 Å². The lowest BCUT2D eigenvalue weighted by atomic mass is 9.85. The van der Waals surface area contributed by atoms with Crippen molar-refractivity contribution >= 4 is 16.5 Å². The van der Waals surface area contributed by atoms with Crippen molar-refractivity contribution in [1.29, 1.82) is 0 Å². The van der Waals surface area contributed by atoms with Gasteiger partial charge in [0.25, 0.3) is 0 Å². The first-order valence-electron chi connectivity index (χ1n) is 8.11. The summed E-state index contributed by atoms with van der Waals surface area (Å²) in [6.07, 6.45) is 4.99. The summed E-state index contributed by atoms with van der Waals surface area (Å²) in [7, 11) is 0.